The zero-order chi connectivity index (χ0) is 29.8. The van der Waals surface area contributed by atoms with Crippen LogP contribution in [0.25, 0.3) is 0 Å². The van der Waals surface area contributed by atoms with Crippen molar-refractivity contribution in [2.75, 3.05) is 17.1 Å². The second-order valence-corrected chi connectivity index (χ2v) is 10.9. The van der Waals surface area contributed by atoms with Crippen molar-refractivity contribution in [3.05, 3.63) is 74.3 Å². The highest BCUT2D eigenvalue weighted by Crippen LogP contribution is 2.39. The van der Waals surface area contributed by atoms with E-state index in [1.165, 1.54) is 55.9 Å². The van der Waals surface area contributed by atoms with Gasteiger partial charge in [-0.2, -0.15) is 8.42 Å². The van der Waals surface area contributed by atoms with Gasteiger partial charge < -0.3 is 15.4 Å². The highest BCUT2D eigenvalue weighted by molar-refractivity contribution is 7.90. The Morgan fingerprint density at radius 1 is 1.12 bits per heavy atom. The van der Waals surface area contributed by atoms with Gasteiger partial charge >= 0.3 is 0 Å². The molecule has 216 valence electrons. The van der Waals surface area contributed by atoms with Crippen LogP contribution in [0.1, 0.15) is 48.2 Å². The molecule has 40 heavy (non-hydrogen) atoms. The summed E-state index contributed by atoms with van der Waals surface area (Å²) in [6.45, 7) is 7.23. The van der Waals surface area contributed by atoms with Crippen LogP contribution in [0.5, 0.6) is 11.5 Å². The minimum atomic E-state index is -3.88. The third-order valence-electron chi connectivity index (χ3n) is 5.97. The van der Waals surface area contributed by atoms with Gasteiger partial charge in [0.15, 0.2) is 5.75 Å². The molecular formula is C27H33ClFN5O5S. The molecule has 10 nitrogen and oxygen atoms in total. The molecule has 0 spiro atoms. The number of rotatable bonds is 9. The van der Waals surface area contributed by atoms with E-state index < -0.39 is 27.5 Å². The van der Waals surface area contributed by atoms with E-state index in [9.17, 15) is 22.4 Å². The number of pyridine rings is 1. The predicted molar refractivity (Wildman–Crippen MR) is 156 cm³/mol. The number of ether oxygens (including phenoxy) is 1. The van der Waals surface area contributed by atoms with Gasteiger partial charge in [-0.1, -0.05) is 37.6 Å². The number of halogens is 2. The van der Waals surface area contributed by atoms with E-state index in [2.05, 4.69) is 20.1 Å². The lowest BCUT2D eigenvalue weighted by Gasteiger charge is -2.22. The molecule has 1 aromatic heterocycles. The maximum atomic E-state index is 14.7. The monoisotopic (exact) mass is 593 g/mol. The van der Waals surface area contributed by atoms with E-state index in [1.807, 2.05) is 13.8 Å². The molecular weight excluding hydrogens is 561 g/mol. The lowest BCUT2D eigenvalue weighted by molar-refractivity contribution is 0.0948. The van der Waals surface area contributed by atoms with Crippen molar-refractivity contribution in [1.29, 1.82) is 0 Å². The lowest BCUT2D eigenvalue weighted by atomic mass is 10.1. The Balaban J connectivity index is 0.00000216. The summed E-state index contributed by atoms with van der Waals surface area (Å²) in [7, 11) is -1.19. The third-order valence-corrected chi connectivity index (χ3v) is 7.39. The molecule has 0 bridgehead atoms. The molecule has 1 fully saturated rings. The number of aromatic nitrogens is 1. The number of carbonyl (C=O) groups is 1. The van der Waals surface area contributed by atoms with Gasteiger partial charge in [0.2, 0.25) is 0 Å². The van der Waals surface area contributed by atoms with Crippen molar-refractivity contribution in [2.24, 2.45) is 7.05 Å². The van der Waals surface area contributed by atoms with Crippen molar-refractivity contribution in [3.63, 3.8) is 0 Å². The Morgan fingerprint density at radius 3 is 2.40 bits per heavy atom. The zero-order valence-corrected chi connectivity index (χ0v) is 24.7. The standard InChI is InChI=1S/C25H27ClFN5O5S.C2H6/c1-13-8-11-17(16(27)12-13)30-23-20(24(33)29-15-9-10-15)22(14(2)25(34)32(23)4)37-19-7-5-6-18(21(19)26)31-38(35,36)28-3;1-2/h5-8,11-12,15,28,30-31H,9-10H2,1-4H3,(H,29,33);1-2H3. The first kappa shape index (κ1) is 30.9. The summed E-state index contributed by atoms with van der Waals surface area (Å²) < 4.78 is 50.4. The van der Waals surface area contributed by atoms with Crippen LogP contribution in [-0.2, 0) is 17.3 Å². The number of nitrogens with zero attached hydrogens (tertiary/aromatic N) is 1. The molecule has 0 unspecified atom stereocenters. The van der Waals surface area contributed by atoms with Crippen molar-refractivity contribution >= 4 is 44.9 Å². The van der Waals surface area contributed by atoms with E-state index in [-0.39, 0.29) is 50.9 Å². The first-order chi connectivity index (χ1) is 18.9. The summed E-state index contributed by atoms with van der Waals surface area (Å²) in [4.78, 5) is 26.7. The largest absolute Gasteiger partial charge is 0.454 e. The summed E-state index contributed by atoms with van der Waals surface area (Å²) in [5.74, 6) is -1.19. The Kier molecular flexibility index (Phi) is 9.82. The van der Waals surface area contributed by atoms with Crippen LogP contribution in [0.2, 0.25) is 5.02 Å². The summed E-state index contributed by atoms with van der Waals surface area (Å²) >= 11 is 6.45. The first-order valence-electron chi connectivity index (χ1n) is 12.7. The molecule has 0 aliphatic heterocycles. The van der Waals surface area contributed by atoms with Crippen LogP contribution in [0.3, 0.4) is 0 Å². The van der Waals surface area contributed by atoms with E-state index in [4.69, 9.17) is 16.3 Å². The number of aryl methyl sites for hydroxylation is 1. The van der Waals surface area contributed by atoms with Gasteiger partial charge in [-0.25, -0.2) is 9.11 Å². The number of nitrogens with one attached hydrogen (secondary N) is 4. The van der Waals surface area contributed by atoms with Crippen LogP contribution in [0, 0.1) is 19.7 Å². The molecule has 0 saturated heterocycles. The molecule has 1 saturated carbocycles. The lowest BCUT2D eigenvalue weighted by Crippen LogP contribution is -2.31. The maximum Gasteiger partial charge on any atom is 0.298 e. The zero-order valence-electron chi connectivity index (χ0n) is 23.1. The highest BCUT2D eigenvalue weighted by Gasteiger charge is 2.31. The van der Waals surface area contributed by atoms with E-state index in [1.54, 1.807) is 13.0 Å². The van der Waals surface area contributed by atoms with Crippen LogP contribution < -0.4 is 30.4 Å². The summed E-state index contributed by atoms with van der Waals surface area (Å²) in [6, 6.07) is 8.88. The molecule has 0 radical (unpaired) electrons. The van der Waals surface area contributed by atoms with Gasteiger partial charge in [0, 0.05) is 20.1 Å². The molecule has 13 heteroatoms. The molecule has 4 N–H and O–H groups in total. The van der Waals surface area contributed by atoms with Crippen LogP contribution in [-0.4, -0.2) is 32.0 Å². The predicted octanol–water partition coefficient (Wildman–Crippen LogP) is 5.13. The molecule has 1 aliphatic carbocycles. The molecule has 4 rings (SSSR count). The number of carbonyl (C=O) groups excluding carboxylic acids is 1. The number of hydrogen-bond acceptors (Lipinski definition) is 6. The Labute approximate surface area is 238 Å². The second kappa shape index (κ2) is 12.7. The van der Waals surface area contributed by atoms with Crippen molar-refractivity contribution in [3.8, 4) is 11.5 Å². The number of amides is 1. The highest BCUT2D eigenvalue weighted by atomic mass is 35.5. The van der Waals surface area contributed by atoms with Crippen molar-refractivity contribution in [2.45, 2.75) is 46.6 Å². The number of hydrogen-bond donors (Lipinski definition) is 4. The Bertz CT molecular complexity index is 1590. The second-order valence-electron chi connectivity index (χ2n) is 8.93. The quantitative estimate of drug-likeness (QED) is 0.272. The van der Waals surface area contributed by atoms with Crippen LogP contribution in [0.4, 0.5) is 21.6 Å². The van der Waals surface area contributed by atoms with E-state index in [0.717, 1.165) is 12.8 Å². The van der Waals surface area contributed by atoms with Gasteiger partial charge in [-0.3, -0.25) is 18.9 Å². The van der Waals surface area contributed by atoms with Crippen molar-refractivity contribution in [1.82, 2.24) is 14.6 Å². The fraction of sp³-hybridized carbons (Fsp3) is 0.333. The molecule has 1 amide bonds. The minimum absolute atomic E-state index is 0.00717. The third kappa shape index (κ3) is 6.93. The Morgan fingerprint density at radius 2 is 1.80 bits per heavy atom. The van der Waals surface area contributed by atoms with Gasteiger partial charge in [0.05, 0.1) is 16.9 Å². The average molecular weight is 594 g/mol. The molecule has 2 aromatic carbocycles. The van der Waals surface area contributed by atoms with E-state index >= 15 is 0 Å². The summed E-state index contributed by atoms with van der Waals surface area (Å²) in [6.07, 6.45) is 1.61. The Hall–Kier alpha value is -3.61. The van der Waals surface area contributed by atoms with Gasteiger partial charge in [0.1, 0.15) is 28.0 Å². The van der Waals surface area contributed by atoms with E-state index in [0.29, 0.717) is 5.56 Å². The summed E-state index contributed by atoms with van der Waals surface area (Å²) in [5.41, 5.74) is 0.340. The van der Waals surface area contributed by atoms with Crippen LogP contribution >= 0.6 is 11.6 Å². The summed E-state index contributed by atoms with van der Waals surface area (Å²) in [5, 5.41) is 5.67. The number of anilines is 3. The topological polar surface area (TPSA) is 131 Å². The average Bonchev–Trinajstić information content (AvgIpc) is 3.74. The normalized spacial score (nSPS) is 12.7. The minimum Gasteiger partial charge on any atom is -0.454 e. The maximum absolute atomic E-state index is 14.7. The fourth-order valence-corrected chi connectivity index (χ4v) is 4.54. The smallest absolute Gasteiger partial charge is 0.298 e. The number of benzene rings is 2. The van der Waals surface area contributed by atoms with Gasteiger partial charge in [-0.15, -0.1) is 0 Å². The van der Waals surface area contributed by atoms with Gasteiger partial charge in [-0.05, 0) is 56.5 Å². The fourth-order valence-electron chi connectivity index (χ4n) is 3.71. The molecule has 1 heterocycles. The van der Waals surface area contributed by atoms with Crippen LogP contribution in [0.15, 0.2) is 41.2 Å². The van der Waals surface area contributed by atoms with Crippen molar-refractivity contribution < 1.29 is 22.3 Å². The molecule has 1 aliphatic rings. The molecule has 0 atom stereocenters. The first-order valence-corrected chi connectivity index (χ1v) is 14.5. The SMILES string of the molecule is CC.CNS(=O)(=O)Nc1cccc(Oc2c(C(=O)NC3CC3)c(Nc3ccc(C)cc3F)n(C)c(=O)c2C)c1Cl. The van der Waals surface area contributed by atoms with Gasteiger partial charge in [0.25, 0.3) is 21.7 Å². The molecule has 3 aromatic rings.